The zero-order chi connectivity index (χ0) is 10.8. The van der Waals surface area contributed by atoms with Crippen LogP contribution in [0.2, 0.25) is 0 Å². The highest BCUT2D eigenvalue weighted by Gasteiger charge is 2.35. The van der Waals surface area contributed by atoms with Crippen molar-refractivity contribution >= 4 is 5.78 Å². The Hall–Kier alpha value is -0.880. The van der Waals surface area contributed by atoms with Crippen LogP contribution in [0.15, 0.2) is 0 Å². The summed E-state index contributed by atoms with van der Waals surface area (Å²) in [7, 11) is 0. The summed E-state index contributed by atoms with van der Waals surface area (Å²) in [5.74, 6) is 0.575. The fraction of sp³-hybridized carbons (Fsp3) is 0.818. The lowest BCUT2D eigenvalue weighted by Gasteiger charge is -2.33. The lowest BCUT2D eigenvalue weighted by Crippen LogP contribution is -2.42. The van der Waals surface area contributed by atoms with Crippen LogP contribution in [0.25, 0.3) is 0 Å². The third-order valence-electron chi connectivity index (χ3n) is 3.46. The Morgan fingerprint density at radius 3 is 2.79 bits per heavy atom. The smallest absolute Gasteiger partial charge is 0.141 e. The molecular weight excluding hydrogens is 176 g/mol. The quantitative estimate of drug-likeness (QED) is 0.635. The number of nitrogens with zero attached hydrogens (tertiary/aromatic N) is 1. The van der Waals surface area contributed by atoms with Crippen molar-refractivity contribution < 1.29 is 4.79 Å². The molecule has 1 fully saturated rings. The van der Waals surface area contributed by atoms with Crippen LogP contribution in [0, 0.1) is 22.7 Å². The van der Waals surface area contributed by atoms with Crippen LogP contribution in [0.1, 0.15) is 33.6 Å². The molecule has 0 aromatic carbocycles. The molecule has 1 saturated heterocycles. The number of ketones is 1. The van der Waals surface area contributed by atoms with Crippen molar-refractivity contribution in [2.24, 2.45) is 11.3 Å². The normalized spacial score (nSPS) is 32.9. The molecule has 1 N–H and O–H groups in total. The minimum Gasteiger partial charge on any atom is -0.302 e. The first-order valence-corrected chi connectivity index (χ1v) is 5.14. The van der Waals surface area contributed by atoms with Crippen molar-refractivity contribution in [3.05, 3.63) is 0 Å². The summed E-state index contributed by atoms with van der Waals surface area (Å²) in [5, 5.41) is 11.9. The molecule has 1 unspecified atom stereocenters. The molecule has 0 spiro atoms. The van der Waals surface area contributed by atoms with Gasteiger partial charge in [0.2, 0.25) is 0 Å². The molecule has 0 aromatic heterocycles. The van der Waals surface area contributed by atoms with E-state index in [9.17, 15) is 4.79 Å². The Bertz CT molecular complexity index is 265. The van der Waals surface area contributed by atoms with Gasteiger partial charge in [-0.05, 0) is 18.9 Å². The maximum absolute atomic E-state index is 11.9. The van der Waals surface area contributed by atoms with Crippen LogP contribution in [0.3, 0.4) is 0 Å². The third kappa shape index (κ3) is 2.13. The summed E-state index contributed by atoms with van der Waals surface area (Å²) in [5.41, 5.74) is -0.281. The van der Waals surface area contributed by atoms with Gasteiger partial charge in [0, 0.05) is 11.8 Å². The van der Waals surface area contributed by atoms with E-state index >= 15 is 0 Å². The average molecular weight is 194 g/mol. The molecule has 0 radical (unpaired) electrons. The van der Waals surface area contributed by atoms with Crippen LogP contribution < -0.4 is 5.32 Å². The van der Waals surface area contributed by atoms with E-state index < -0.39 is 0 Å². The van der Waals surface area contributed by atoms with Gasteiger partial charge in [0.15, 0.2) is 0 Å². The average Bonchev–Trinajstić information content (AvgIpc) is 2.14. The molecule has 14 heavy (non-hydrogen) atoms. The summed E-state index contributed by atoms with van der Waals surface area (Å²) < 4.78 is 0. The number of nitriles is 1. The van der Waals surface area contributed by atoms with Crippen molar-refractivity contribution in [2.75, 3.05) is 6.54 Å². The predicted molar refractivity (Wildman–Crippen MR) is 54.6 cm³/mol. The first kappa shape index (κ1) is 11.2. The highest BCUT2D eigenvalue weighted by Crippen LogP contribution is 2.32. The molecule has 1 rings (SSSR count). The first-order valence-electron chi connectivity index (χ1n) is 5.14. The second-order valence-electron chi connectivity index (χ2n) is 4.67. The molecule has 1 aliphatic rings. The second-order valence-corrected chi connectivity index (χ2v) is 4.67. The molecule has 0 aromatic rings. The van der Waals surface area contributed by atoms with Crippen molar-refractivity contribution in [3.8, 4) is 6.07 Å². The number of carbonyl (C=O) groups excluding carboxylic acids is 1. The molecule has 1 aliphatic heterocycles. The fourth-order valence-corrected chi connectivity index (χ4v) is 1.72. The van der Waals surface area contributed by atoms with E-state index in [1.54, 1.807) is 0 Å². The Labute approximate surface area is 85.5 Å². The Morgan fingerprint density at radius 2 is 2.21 bits per heavy atom. The molecule has 0 aliphatic carbocycles. The lowest BCUT2D eigenvalue weighted by atomic mass is 9.72. The van der Waals surface area contributed by atoms with E-state index in [1.807, 2.05) is 13.8 Å². The van der Waals surface area contributed by atoms with Crippen molar-refractivity contribution in [2.45, 2.75) is 39.7 Å². The van der Waals surface area contributed by atoms with Gasteiger partial charge in [0.25, 0.3) is 0 Å². The maximum atomic E-state index is 11.9. The molecule has 3 heteroatoms. The summed E-state index contributed by atoms with van der Waals surface area (Å²) in [4.78, 5) is 11.9. The number of hydrogen-bond acceptors (Lipinski definition) is 3. The Balaban J connectivity index is 2.79. The van der Waals surface area contributed by atoms with Crippen LogP contribution in [0.5, 0.6) is 0 Å². The molecule has 0 amide bonds. The topological polar surface area (TPSA) is 52.9 Å². The van der Waals surface area contributed by atoms with Gasteiger partial charge in [0.1, 0.15) is 11.8 Å². The van der Waals surface area contributed by atoms with E-state index in [2.05, 4.69) is 18.3 Å². The van der Waals surface area contributed by atoms with Gasteiger partial charge in [-0.2, -0.15) is 5.26 Å². The van der Waals surface area contributed by atoms with Gasteiger partial charge in [-0.1, -0.05) is 20.8 Å². The van der Waals surface area contributed by atoms with E-state index in [0.29, 0.717) is 12.3 Å². The SMILES string of the molecule is C[C@@H]1CCNC(C#N)CC(=O)C1(C)C. The third-order valence-corrected chi connectivity index (χ3v) is 3.46. The second kappa shape index (κ2) is 4.10. The fourth-order valence-electron chi connectivity index (χ4n) is 1.72. The molecule has 0 saturated carbocycles. The molecule has 2 atom stereocenters. The minimum atomic E-state index is -0.297. The summed E-state index contributed by atoms with van der Waals surface area (Å²) in [6, 6.07) is 1.83. The zero-order valence-corrected chi connectivity index (χ0v) is 9.13. The Morgan fingerprint density at radius 1 is 1.57 bits per heavy atom. The number of carbonyl (C=O) groups is 1. The predicted octanol–water partition coefficient (Wildman–Crippen LogP) is 1.49. The number of nitrogens with one attached hydrogen (secondary N) is 1. The van der Waals surface area contributed by atoms with Gasteiger partial charge < -0.3 is 5.32 Å². The number of Topliss-reactive ketones (excluding diaryl/α,β-unsaturated/α-hetero) is 1. The minimum absolute atomic E-state index is 0.198. The molecule has 1 heterocycles. The van der Waals surface area contributed by atoms with Crippen LogP contribution >= 0.6 is 0 Å². The van der Waals surface area contributed by atoms with Crippen LogP contribution in [-0.4, -0.2) is 18.4 Å². The Kier molecular flexibility index (Phi) is 3.28. The van der Waals surface area contributed by atoms with E-state index in [-0.39, 0.29) is 17.2 Å². The van der Waals surface area contributed by atoms with Crippen LogP contribution in [-0.2, 0) is 4.79 Å². The van der Waals surface area contributed by atoms with Crippen molar-refractivity contribution in [3.63, 3.8) is 0 Å². The first-order chi connectivity index (χ1) is 6.48. The summed E-state index contributed by atoms with van der Waals surface area (Å²) >= 11 is 0. The largest absolute Gasteiger partial charge is 0.302 e. The van der Waals surface area contributed by atoms with Crippen molar-refractivity contribution in [1.29, 1.82) is 5.26 Å². The maximum Gasteiger partial charge on any atom is 0.141 e. The monoisotopic (exact) mass is 194 g/mol. The van der Waals surface area contributed by atoms with E-state index in [1.165, 1.54) is 0 Å². The van der Waals surface area contributed by atoms with E-state index in [0.717, 1.165) is 13.0 Å². The lowest BCUT2D eigenvalue weighted by molar-refractivity contribution is -0.130. The highest BCUT2D eigenvalue weighted by atomic mass is 16.1. The van der Waals surface area contributed by atoms with Gasteiger partial charge >= 0.3 is 0 Å². The van der Waals surface area contributed by atoms with Crippen molar-refractivity contribution in [1.82, 2.24) is 5.32 Å². The zero-order valence-electron chi connectivity index (χ0n) is 9.13. The van der Waals surface area contributed by atoms with Gasteiger partial charge in [-0.3, -0.25) is 4.79 Å². The van der Waals surface area contributed by atoms with Crippen LogP contribution in [0.4, 0.5) is 0 Å². The number of rotatable bonds is 0. The van der Waals surface area contributed by atoms with Gasteiger partial charge in [-0.25, -0.2) is 0 Å². The van der Waals surface area contributed by atoms with Gasteiger partial charge in [-0.15, -0.1) is 0 Å². The standard InChI is InChI=1S/C11H18N2O/c1-8-4-5-13-9(7-12)6-10(14)11(8,2)3/h8-9,13H,4-6H2,1-3H3/t8-,9?/m1/s1. The molecule has 3 nitrogen and oxygen atoms in total. The molecular formula is C11H18N2O. The highest BCUT2D eigenvalue weighted by molar-refractivity contribution is 5.85. The molecule has 78 valence electrons. The van der Waals surface area contributed by atoms with E-state index in [4.69, 9.17) is 5.26 Å². The molecule has 0 bridgehead atoms. The summed E-state index contributed by atoms with van der Waals surface area (Å²) in [6.45, 7) is 6.90. The summed E-state index contributed by atoms with van der Waals surface area (Å²) in [6.07, 6.45) is 1.30. The van der Waals surface area contributed by atoms with Gasteiger partial charge in [0.05, 0.1) is 6.07 Å². The number of hydrogen-bond donors (Lipinski definition) is 1.